The maximum atomic E-state index is 12.5. The molecule has 15 nitrogen and oxygen atoms in total. The smallest absolute Gasteiger partial charge is 0.269 e. The molecule has 44 heavy (non-hydrogen) atoms. The van der Waals surface area contributed by atoms with Crippen molar-refractivity contribution in [2.45, 2.75) is 0 Å². The first-order valence-corrected chi connectivity index (χ1v) is 14.3. The van der Waals surface area contributed by atoms with Crippen molar-refractivity contribution in [3.63, 3.8) is 0 Å². The van der Waals surface area contributed by atoms with Gasteiger partial charge in [-0.1, -0.05) is 6.08 Å². The van der Waals surface area contributed by atoms with E-state index in [0.717, 1.165) is 5.69 Å². The summed E-state index contributed by atoms with van der Waals surface area (Å²) < 4.78 is 10.7. The molecule has 1 aromatic heterocycles. The predicted octanol–water partition coefficient (Wildman–Crippen LogP) is 2.17. The number of hydrogen-bond donors (Lipinski definition) is 4. The van der Waals surface area contributed by atoms with Crippen LogP contribution in [-0.2, 0) is 9.47 Å². The molecule has 1 saturated heterocycles. The summed E-state index contributed by atoms with van der Waals surface area (Å²) in [6, 6.07) is 13.6. The van der Waals surface area contributed by atoms with Gasteiger partial charge in [-0.05, 0) is 36.4 Å². The van der Waals surface area contributed by atoms with Crippen LogP contribution in [0.2, 0.25) is 0 Å². The number of non-ortho nitro benzene ring substituents is 1. The van der Waals surface area contributed by atoms with E-state index in [2.05, 4.69) is 47.3 Å². The lowest BCUT2D eigenvalue weighted by Gasteiger charge is -2.36. The van der Waals surface area contributed by atoms with Crippen molar-refractivity contribution >= 4 is 40.8 Å². The van der Waals surface area contributed by atoms with E-state index in [4.69, 9.17) is 15.2 Å². The van der Waals surface area contributed by atoms with Crippen molar-refractivity contribution in [2.75, 3.05) is 92.7 Å². The third-order valence-corrected chi connectivity index (χ3v) is 6.59. The van der Waals surface area contributed by atoms with Gasteiger partial charge in [0.15, 0.2) is 0 Å². The zero-order chi connectivity index (χ0) is 31.1. The number of hydrogen-bond acceptors (Lipinski definition) is 13. The van der Waals surface area contributed by atoms with Crippen LogP contribution in [0, 0.1) is 10.1 Å². The maximum Gasteiger partial charge on any atom is 0.269 e. The van der Waals surface area contributed by atoms with E-state index in [1.165, 1.54) is 12.1 Å². The Hall–Kier alpha value is -4.86. The Labute approximate surface area is 255 Å². The summed E-state index contributed by atoms with van der Waals surface area (Å²) in [5.41, 5.74) is 7.58. The van der Waals surface area contributed by atoms with Crippen LogP contribution in [0.25, 0.3) is 0 Å². The van der Waals surface area contributed by atoms with Gasteiger partial charge >= 0.3 is 0 Å². The molecule has 1 aliphatic heterocycles. The van der Waals surface area contributed by atoms with E-state index in [1.807, 2.05) is 0 Å². The van der Waals surface area contributed by atoms with Crippen molar-refractivity contribution in [2.24, 2.45) is 5.73 Å². The van der Waals surface area contributed by atoms with Crippen LogP contribution in [0.15, 0.2) is 61.2 Å². The monoisotopic (exact) mass is 606 g/mol. The lowest BCUT2D eigenvalue weighted by atomic mass is 10.2. The van der Waals surface area contributed by atoms with E-state index in [-0.39, 0.29) is 11.6 Å². The summed E-state index contributed by atoms with van der Waals surface area (Å²) in [6.07, 6.45) is 1.72. The van der Waals surface area contributed by atoms with Crippen molar-refractivity contribution in [3.05, 3.63) is 76.9 Å². The van der Waals surface area contributed by atoms with Crippen LogP contribution in [-0.4, -0.2) is 98.0 Å². The van der Waals surface area contributed by atoms with E-state index in [0.29, 0.717) is 101 Å². The summed E-state index contributed by atoms with van der Waals surface area (Å²) in [5.74, 6) is 1.07. The fraction of sp³-hybridized carbons (Fsp3) is 0.379. The number of nitro benzene ring substituents is 1. The van der Waals surface area contributed by atoms with E-state index in [9.17, 15) is 14.9 Å². The molecule has 0 atom stereocenters. The number of rotatable bonds is 17. The second-order valence-corrected chi connectivity index (χ2v) is 9.67. The first-order chi connectivity index (χ1) is 21.5. The van der Waals surface area contributed by atoms with Crippen molar-refractivity contribution in [3.8, 4) is 0 Å². The highest BCUT2D eigenvalue weighted by atomic mass is 16.6. The molecule has 1 aliphatic rings. The maximum absolute atomic E-state index is 12.5. The number of nitrogens with zero attached hydrogens (tertiary/aromatic N) is 6. The largest absolute Gasteiger partial charge is 0.378 e. The minimum Gasteiger partial charge on any atom is -0.378 e. The zero-order valence-electron chi connectivity index (χ0n) is 24.5. The molecule has 4 rings (SSSR count). The van der Waals surface area contributed by atoms with Gasteiger partial charge in [0.25, 0.3) is 11.6 Å². The molecule has 1 fully saturated rings. The topological polar surface area (TPSA) is 186 Å². The Kier molecular flexibility index (Phi) is 12.2. The Balaban J connectivity index is 1.33. The zero-order valence-corrected chi connectivity index (χ0v) is 24.5. The minimum absolute atomic E-state index is 0.0669. The molecule has 0 radical (unpaired) electrons. The summed E-state index contributed by atoms with van der Waals surface area (Å²) in [7, 11) is 0. The number of carbonyl (C=O) groups excluding carboxylic acids is 1. The lowest BCUT2D eigenvalue weighted by molar-refractivity contribution is -0.384. The number of aromatic nitrogens is 3. The number of amides is 1. The first-order valence-electron chi connectivity index (χ1n) is 14.3. The number of ether oxygens (including phenoxy) is 2. The van der Waals surface area contributed by atoms with Gasteiger partial charge in [-0.3, -0.25) is 14.9 Å². The molecule has 5 N–H and O–H groups in total. The van der Waals surface area contributed by atoms with Crippen molar-refractivity contribution in [1.82, 2.24) is 20.3 Å². The summed E-state index contributed by atoms with van der Waals surface area (Å²) >= 11 is 0. The highest BCUT2D eigenvalue weighted by Crippen LogP contribution is 2.23. The van der Waals surface area contributed by atoms with Crippen molar-refractivity contribution < 1.29 is 19.2 Å². The normalized spacial score (nSPS) is 12.9. The third kappa shape index (κ3) is 9.58. The second kappa shape index (κ2) is 16.7. The molecular formula is C29H38N10O5. The molecule has 2 aromatic carbocycles. The number of nitrogens with one attached hydrogen (secondary N) is 3. The van der Waals surface area contributed by atoms with Gasteiger partial charge in [-0.15, -0.1) is 6.58 Å². The van der Waals surface area contributed by atoms with Crippen LogP contribution < -0.4 is 31.5 Å². The van der Waals surface area contributed by atoms with Gasteiger partial charge in [-0.25, -0.2) is 0 Å². The molecule has 0 bridgehead atoms. The molecule has 0 saturated carbocycles. The van der Waals surface area contributed by atoms with Gasteiger partial charge < -0.3 is 41.0 Å². The molecular weight excluding hydrogens is 568 g/mol. The summed E-state index contributed by atoms with van der Waals surface area (Å²) in [6.45, 7) is 9.56. The Morgan fingerprint density at radius 2 is 1.59 bits per heavy atom. The Bertz CT molecular complexity index is 1370. The minimum atomic E-state index is -0.403. The second-order valence-electron chi connectivity index (χ2n) is 9.67. The number of nitrogens with two attached hydrogens (primary N) is 1. The van der Waals surface area contributed by atoms with Crippen LogP contribution in [0.4, 0.5) is 34.9 Å². The quantitative estimate of drug-likeness (QED) is 0.0759. The molecule has 2 heterocycles. The highest BCUT2D eigenvalue weighted by molar-refractivity contribution is 5.94. The van der Waals surface area contributed by atoms with Gasteiger partial charge in [-0.2, -0.15) is 15.0 Å². The van der Waals surface area contributed by atoms with Crippen LogP contribution >= 0.6 is 0 Å². The molecule has 1 amide bonds. The molecule has 0 unspecified atom stereocenters. The standard InChI is InChI=1S/C29H38N10O5/c1-2-12-32-27-34-28(33-23-5-3-22(4-6-23)26(40)31-13-19-44-21-20-43-18-11-30)36-29(35-27)38-16-14-37(15-17-38)24-7-9-25(10-8-24)39(41)42/h2-10H,1,11-21,30H2,(H,31,40)(H2,32,33,34,35,36). The van der Waals surface area contributed by atoms with E-state index >= 15 is 0 Å². The van der Waals surface area contributed by atoms with Gasteiger partial charge in [0.1, 0.15) is 0 Å². The van der Waals surface area contributed by atoms with Gasteiger partial charge in [0, 0.05) is 74.9 Å². The van der Waals surface area contributed by atoms with Gasteiger partial charge in [0.2, 0.25) is 17.8 Å². The van der Waals surface area contributed by atoms with Crippen LogP contribution in [0.5, 0.6) is 0 Å². The fourth-order valence-electron chi connectivity index (χ4n) is 4.33. The van der Waals surface area contributed by atoms with Crippen LogP contribution in [0.3, 0.4) is 0 Å². The highest BCUT2D eigenvalue weighted by Gasteiger charge is 2.21. The number of piperazine rings is 1. The fourth-order valence-corrected chi connectivity index (χ4v) is 4.33. The number of anilines is 5. The molecule has 0 spiro atoms. The average Bonchev–Trinajstić information content (AvgIpc) is 3.05. The Morgan fingerprint density at radius 1 is 0.932 bits per heavy atom. The predicted molar refractivity (Wildman–Crippen MR) is 169 cm³/mol. The third-order valence-electron chi connectivity index (χ3n) is 6.59. The Morgan fingerprint density at radius 3 is 2.25 bits per heavy atom. The van der Waals surface area contributed by atoms with E-state index < -0.39 is 4.92 Å². The molecule has 3 aromatic rings. The SMILES string of the molecule is C=CCNc1nc(Nc2ccc(C(=O)NCCOCCOCCN)cc2)nc(N2CCN(c3ccc([N+](=O)[O-])cc3)CC2)n1. The number of nitro groups is 1. The van der Waals surface area contributed by atoms with Gasteiger partial charge in [0.05, 0.1) is 31.4 Å². The lowest BCUT2D eigenvalue weighted by Crippen LogP contribution is -2.47. The number of benzene rings is 2. The first kappa shape index (κ1) is 32.1. The molecule has 0 aliphatic carbocycles. The van der Waals surface area contributed by atoms with Crippen molar-refractivity contribution in [1.29, 1.82) is 0 Å². The number of carbonyl (C=O) groups is 1. The van der Waals surface area contributed by atoms with Crippen LogP contribution in [0.1, 0.15) is 10.4 Å². The summed E-state index contributed by atoms with van der Waals surface area (Å²) in [5, 5.41) is 20.1. The average molecular weight is 607 g/mol. The molecule has 234 valence electrons. The molecule has 15 heteroatoms. The summed E-state index contributed by atoms with van der Waals surface area (Å²) in [4.78, 5) is 41.0. The van der Waals surface area contributed by atoms with E-state index in [1.54, 1.807) is 42.5 Å².